The van der Waals surface area contributed by atoms with Crippen molar-refractivity contribution in [1.29, 1.82) is 0 Å². The van der Waals surface area contributed by atoms with E-state index in [0.29, 0.717) is 36.4 Å². The molecule has 3 aromatic heterocycles. The molecule has 4 rings (SSSR count). The standard InChI is InChI=1S/C24H24FN5O3/c1-16-4-6-18(25)12-20(16)21-8-5-17(13-26-21)24-29-28-22(15-33-11-10-31-2)30(24)19-7-9-23(32-3)27-14-19/h4-9,12-14H,10-11,15H2,1-3H3. The van der Waals surface area contributed by atoms with Crippen molar-refractivity contribution in [3.8, 4) is 34.2 Å². The Balaban J connectivity index is 1.70. The molecule has 0 aliphatic heterocycles. The first-order valence-corrected chi connectivity index (χ1v) is 10.3. The highest BCUT2D eigenvalue weighted by molar-refractivity contribution is 5.66. The van der Waals surface area contributed by atoms with Crippen LogP contribution in [0, 0.1) is 12.7 Å². The number of halogens is 1. The molecule has 0 saturated heterocycles. The summed E-state index contributed by atoms with van der Waals surface area (Å²) in [5.74, 6) is 1.40. The summed E-state index contributed by atoms with van der Waals surface area (Å²) < 4.78 is 31.5. The van der Waals surface area contributed by atoms with Crippen LogP contribution in [-0.4, -0.2) is 52.2 Å². The van der Waals surface area contributed by atoms with Gasteiger partial charge in [0.15, 0.2) is 11.6 Å². The summed E-state index contributed by atoms with van der Waals surface area (Å²) >= 11 is 0. The van der Waals surface area contributed by atoms with Gasteiger partial charge in [0.05, 0.1) is 37.9 Å². The van der Waals surface area contributed by atoms with E-state index in [1.54, 1.807) is 38.7 Å². The highest BCUT2D eigenvalue weighted by atomic mass is 19.1. The third kappa shape index (κ3) is 5.05. The molecule has 0 saturated carbocycles. The summed E-state index contributed by atoms with van der Waals surface area (Å²) in [6, 6.07) is 12.0. The van der Waals surface area contributed by atoms with Crippen LogP contribution < -0.4 is 4.74 Å². The third-order valence-electron chi connectivity index (χ3n) is 5.08. The minimum Gasteiger partial charge on any atom is -0.481 e. The van der Waals surface area contributed by atoms with Crippen LogP contribution in [0.1, 0.15) is 11.4 Å². The fourth-order valence-corrected chi connectivity index (χ4v) is 3.36. The first-order valence-electron chi connectivity index (χ1n) is 10.3. The van der Waals surface area contributed by atoms with Crippen LogP contribution in [0.5, 0.6) is 5.88 Å². The van der Waals surface area contributed by atoms with Crippen LogP contribution in [0.4, 0.5) is 4.39 Å². The Morgan fingerprint density at radius 1 is 0.939 bits per heavy atom. The molecule has 3 heterocycles. The zero-order chi connectivity index (χ0) is 23.2. The minimum absolute atomic E-state index is 0.246. The molecule has 170 valence electrons. The van der Waals surface area contributed by atoms with Gasteiger partial charge in [-0.1, -0.05) is 6.07 Å². The van der Waals surface area contributed by atoms with E-state index in [4.69, 9.17) is 14.2 Å². The summed E-state index contributed by atoms with van der Waals surface area (Å²) in [4.78, 5) is 8.85. The summed E-state index contributed by atoms with van der Waals surface area (Å²) in [6.45, 7) is 3.09. The molecule has 9 heteroatoms. The van der Waals surface area contributed by atoms with E-state index in [2.05, 4.69) is 20.2 Å². The maximum atomic E-state index is 13.7. The number of hydrogen-bond donors (Lipinski definition) is 0. The van der Waals surface area contributed by atoms with E-state index in [1.165, 1.54) is 12.1 Å². The van der Waals surface area contributed by atoms with Crippen LogP contribution >= 0.6 is 0 Å². The van der Waals surface area contributed by atoms with Gasteiger partial charge in [0, 0.05) is 30.5 Å². The van der Waals surface area contributed by atoms with E-state index in [-0.39, 0.29) is 12.4 Å². The SMILES string of the molecule is COCCOCc1nnc(-c2ccc(-c3cc(F)ccc3C)nc2)n1-c1ccc(OC)nc1. The van der Waals surface area contributed by atoms with Crippen LogP contribution in [-0.2, 0) is 16.1 Å². The van der Waals surface area contributed by atoms with E-state index in [9.17, 15) is 4.39 Å². The van der Waals surface area contributed by atoms with Gasteiger partial charge in [-0.15, -0.1) is 10.2 Å². The molecule has 0 bridgehead atoms. The summed E-state index contributed by atoms with van der Waals surface area (Å²) in [7, 11) is 3.18. The van der Waals surface area contributed by atoms with Gasteiger partial charge in [0.1, 0.15) is 12.4 Å². The molecule has 0 atom stereocenters. The lowest BCUT2D eigenvalue weighted by molar-refractivity contribution is 0.0580. The van der Waals surface area contributed by atoms with E-state index < -0.39 is 0 Å². The van der Waals surface area contributed by atoms with Gasteiger partial charge in [-0.3, -0.25) is 9.55 Å². The lowest BCUT2D eigenvalue weighted by Gasteiger charge is -2.12. The molecule has 0 N–H and O–H groups in total. The quantitative estimate of drug-likeness (QED) is 0.357. The Hall–Kier alpha value is -3.69. The largest absolute Gasteiger partial charge is 0.481 e. The predicted molar refractivity (Wildman–Crippen MR) is 121 cm³/mol. The van der Waals surface area contributed by atoms with Gasteiger partial charge < -0.3 is 14.2 Å². The highest BCUT2D eigenvalue weighted by Gasteiger charge is 2.17. The van der Waals surface area contributed by atoms with E-state index in [0.717, 1.165) is 22.4 Å². The zero-order valence-corrected chi connectivity index (χ0v) is 18.7. The average Bonchev–Trinajstić information content (AvgIpc) is 3.27. The van der Waals surface area contributed by atoms with Gasteiger partial charge in [0.25, 0.3) is 0 Å². The van der Waals surface area contributed by atoms with Crippen molar-refractivity contribution in [2.45, 2.75) is 13.5 Å². The Kier molecular flexibility index (Phi) is 7.01. The average molecular weight is 449 g/mol. The maximum absolute atomic E-state index is 13.7. The Morgan fingerprint density at radius 3 is 2.52 bits per heavy atom. The number of pyridine rings is 2. The lowest BCUT2D eigenvalue weighted by atomic mass is 10.0. The van der Waals surface area contributed by atoms with Gasteiger partial charge in [-0.2, -0.15) is 0 Å². The summed E-state index contributed by atoms with van der Waals surface area (Å²) in [5.41, 5.74) is 3.87. The first kappa shape index (κ1) is 22.5. The molecule has 4 aromatic rings. The van der Waals surface area contributed by atoms with Gasteiger partial charge >= 0.3 is 0 Å². The normalized spacial score (nSPS) is 11.0. The molecule has 0 radical (unpaired) electrons. The van der Waals surface area contributed by atoms with Crippen molar-refractivity contribution in [2.75, 3.05) is 27.4 Å². The second-order valence-corrected chi connectivity index (χ2v) is 7.27. The second-order valence-electron chi connectivity index (χ2n) is 7.27. The molecule has 1 aromatic carbocycles. The highest BCUT2D eigenvalue weighted by Crippen LogP contribution is 2.27. The van der Waals surface area contributed by atoms with Crippen molar-refractivity contribution in [1.82, 2.24) is 24.7 Å². The second kappa shape index (κ2) is 10.3. The third-order valence-corrected chi connectivity index (χ3v) is 5.08. The molecule has 0 unspecified atom stereocenters. The molecule has 33 heavy (non-hydrogen) atoms. The topological polar surface area (TPSA) is 84.2 Å². The fraction of sp³-hybridized carbons (Fsp3) is 0.250. The van der Waals surface area contributed by atoms with E-state index in [1.807, 2.05) is 29.7 Å². The molecule has 0 spiro atoms. The number of aryl methyl sites for hydroxylation is 1. The number of aromatic nitrogens is 5. The van der Waals surface area contributed by atoms with E-state index >= 15 is 0 Å². The molecule has 0 amide bonds. The fourth-order valence-electron chi connectivity index (χ4n) is 3.36. The number of benzene rings is 1. The minimum atomic E-state index is -0.300. The number of ether oxygens (including phenoxy) is 3. The number of methoxy groups -OCH3 is 2. The maximum Gasteiger partial charge on any atom is 0.213 e. The van der Waals surface area contributed by atoms with Crippen LogP contribution in [0.25, 0.3) is 28.3 Å². The summed E-state index contributed by atoms with van der Waals surface area (Å²) in [6.07, 6.45) is 3.38. The molecular formula is C24H24FN5O3. The van der Waals surface area contributed by atoms with Gasteiger partial charge in [0.2, 0.25) is 5.88 Å². The number of nitrogens with zero attached hydrogens (tertiary/aromatic N) is 5. The molecular weight excluding hydrogens is 425 g/mol. The van der Waals surface area contributed by atoms with Crippen molar-refractivity contribution in [3.05, 3.63) is 72.1 Å². The Bertz CT molecular complexity index is 1210. The van der Waals surface area contributed by atoms with Crippen molar-refractivity contribution in [3.63, 3.8) is 0 Å². The smallest absolute Gasteiger partial charge is 0.213 e. The van der Waals surface area contributed by atoms with Gasteiger partial charge in [-0.05, 0) is 42.8 Å². The first-order chi connectivity index (χ1) is 16.1. The van der Waals surface area contributed by atoms with Crippen LogP contribution in [0.3, 0.4) is 0 Å². The molecule has 8 nitrogen and oxygen atoms in total. The number of hydrogen-bond acceptors (Lipinski definition) is 7. The van der Waals surface area contributed by atoms with Crippen LogP contribution in [0.15, 0.2) is 54.9 Å². The van der Waals surface area contributed by atoms with Gasteiger partial charge in [-0.25, -0.2) is 9.37 Å². The molecule has 0 aliphatic carbocycles. The zero-order valence-electron chi connectivity index (χ0n) is 18.7. The Labute approximate surface area is 191 Å². The molecule has 0 fully saturated rings. The predicted octanol–water partition coefficient (Wildman–Crippen LogP) is 4.01. The summed E-state index contributed by atoms with van der Waals surface area (Å²) in [5, 5.41) is 8.71. The molecule has 0 aliphatic rings. The van der Waals surface area contributed by atoms with Crippen LogP contribution in [0.2, 0.25) is 0 Å². The van der Waals surface area contributed by atoms with Crippen molar-refractivity contribution in [2.24, 2.45) is 0 Å². The lowest BCUT2D eigenvalue weighted by Crippen LogP contribution is -2.08. The Morgan fingerprint density at radius 2 is 1.82 bits per heavy atom. The number of rotatable bonds is 9. The monoisotopic (exact) mass is 449 g/mol. The van der Waals surface area contributed by atoms with Crippen molar-refractivity contribution >= 4 is 0 Å². The van der Waals surface area contributed by atoms with Crippen molar-refractivity contribution < 1.29 is 18.6 Å².